The van der Waals surface area contributed by atoms with Crippen LogP contribution >= 0.6 is 0 Å². The van der Waals surface area contributed by atoms with Gasteiger partial charge < -0.3 is 10.3 Å². The standard InChI is InChI=1S/C17H17N3O/c18-11-15-10-14-5-1-2-6-16(14)20(17(15)21)9-7-13-4-3-8-19-12-13/h1-6,8,10,12H,7,9,11,18H2. The van der Waals surface area contributed by atoms with Crippen LogP contribution in [-0.4, -0.2) is 9.55 Å². The summed E-state index contributed by atoms with van der Waals surface area (Å²) in [6, 6.07) is 13.7. The lowest BCUT2D eigenvalue weighted by Crippen LogP contribution is -2.26. The number of rotatable bonds is 4. The first kappa shape index (κ1) is 13.5. The Balaban J connectivity index is 2.04. The molecule has 1 aromatic carbocycles. The van der Waals surface area contributed by atoms with E-state index in [-0.39, 0.29) is 12.1 Å². The van der Waals surface area contributed by atoms with E-state index in [9.17, 15) is 4.79 Å². The lowest BCUT2D eigenvalue weighted by molar-refractivity contribution is 0.686. The molecule has 106 valence electrons. The number of nitrogens with zero attached hydrogens (tertiary/aromatic N) is 2. The van der Waals surface area contributed by atoms with Gasteiger partial charge in [-0.05, 0) is 35.6 Å². The van der Waals surface area contributed by atoms with Gasteiger partial charge in [-0.3, -0.25) is 9.78 Å². The Kier molecular flexibility index (Phi) is 3.79. The van der Waals surface area contributed by atoms with Crippen LogP contribution in [0.2, 0.25) is 0 Å². The van der Waals surface area contributed by atoms with Crippen molar-refractivity contribution in [1.29, 1.82) is 0 Å². The first-order valence-electron chi connectivity index (χ1n) is 7.00. The van der Waals surface area contributed by atoms with E-state index in [0.29, 0.717) is 12.1 Å². The van der Waals surface area contributed by atoms with Crippen molar-refractivity contribution in [2.75, 3.05) is 0 Å². The number of benzene rings is 1. The molecule has 0 aliphatic rings. The van der Waals surface area contributed by atoms with Crippen molar-refractivity contribution in [3.05, 3.63) is 76.3 Å². The van der Waals surface area contributed by atoms with Crippen LogP contribution in [0.15, 0.2) is 59.7 Å². The summed E-state index contributed by atoms with van der Waals surface area (Å²) in [6.07, 6.45) is 4.35. The van der Waals surface area contributed by atoms with Crippen LogP contribution in [0.3, 0.4) is 0 Å². The Morgan fingerprint density at radius 2 is 2.00 bits per heavy atom. The zero-order valence-electron chi connectivity index (χ0n) is 11.7. The molecule has 0 fully saturated rings. The molecule has 0 atom stereocenters. The molecule has 0 bridgehead atoms. The summed E-state index contributed by atoms with van der Waals surface area (Å²) in [4.78, 5) is 16.6. The molecule has 3 aromatic rings. The van der Waals surface area contributed by atoms with Gasteiger partial charge in [0.25, 0.3) is 5.56 Å². The summed E-state index contributed by atoms with van der Waals surface area (Å²) >= 11 is 0. The maximum Gasteiger partial charge on any atom is 0.255 e. The van der Waals surface area contributed by atoms with Crippen molar-refractivity contribution in [3.63, 3.8) is 0 Å². The van der Waals surface area contributed by atoms with Crippen molar-refractivity contribution < 1.29 is 0 Å². The molecule has 4 nitrogen and oxygen atoms in total. The Labute approximate surface area is 122 Å². The van der Waals surface area contributed by atoms with Gasteiger partial charge in [0, 0.05) is 31.0 Å². The predicted octanol–water partition coefficient (Wildman–Crippen LogP) is 2.10. The lowest BCUT2D eigenvalue weighted by Gasteiger charge is -2.12. The molecule has 2 heterocycles. The van der Waals surface area contributed by atoms with E-state index in [4.69, 9.17) is 5.73 Å². The number of hydrogen-bond donors (Lipinski definition) is 1. The summed E-state index contributed by atoms with van der Waals surface area (Å²) in [7, 11) is 0. The number of hydrogen-bond acceptors (Lipinski definition) is 3. The van der Waals surface area contributed by atoms with E-state index < -0.39 is 0 Å². The zero-order chi connectivity index (χ0) is 14.7. The predicted molar refractivity (Wildman–Crippen MR) is 84.0 cm³/mol. The van der Waals surface area contributed by atoms with Crippen molar-refractivity contribution in [3.8, 4) is 0 Å². The molecule has 0 unspecified atom stereocenters. The summed E-state index contributed by atoms with van der Waals surface area (Å²) in [5.41, 5.74) is 8.41. The number of para-hydroxylation sites is 1. The van der Waals surface area contributed by atoms with E-state index in [1.807, 2.05) is 53.2 Å². The molecule has 0 spiro atoms. The third-order valence-electron chi connectivity index (χ3n) is 3.64. The first-order chi connectivity index (χ1) is 10.3. The fourth-order valence-corrected chi connectivity index (χ4v) is 2.54. The van der Waals surface area contributed by atoms with Gasteiger partial charge in [0.15, 0.2) is 0 Å². The van der Waals surface area contributed by atoms with Crippen LogP contribution in [0.1, 0.15) is 11.1 Å². The van der Waals surface area contributed by atoms with Crippen LogP contribution < -0.4 is 11.3 Å². The van der Waals surface area contributed by atoms with Gasteiger partial charge in [-0.1, -0.05) is 24.3 Å². The highest BCUT2D eigenvalue weighted by molar-refractivity contribution is 5.79. The van der Waals surface area contributed by atoms with Gasteiger partial charge in [0.1, 0.15) is 0 Å². The Hall–Kier alpha value is -2.46. The highest BCUT2D eigenvalue weighted by atomic mass is 16.1. The summed E-state index contributed by atoms with van der Waals surface area (Å²) in [5.74, 6) is 0. The molecule has 2 aromatic heterocycles. The Morgan fingerprint density at radius 3 is 2.76 bits per heavy atom. The fraction of sp³-hybridized carbons (Fsp3) is 0.176. The molecule has 0 aliphatic heterocycles. The summed E-state index contributed by atoms with van der Waals surface area (Å²) in [6.45, 7) is 0.884. The summed E-state index contributed by atoms with van der Waals surface area (Å²) in [5, 5.41) is 1.05. The topological polar surface area (TPSA) is 60.9 Å². The normalized spacial score (nSPS) is 10.9. The molecular weight excluding hydrogens is 262 g/mol. The molecule has 0 amide bonds. The van der Waals surface area contributed by atoms with Crippen LogP contribution in [-0.2, 0) is 19.5 Å². The second-order valence-electron chi connectivity index (χ2n) is 5.00. The van der Waals surface area contributed by atoms with Crippen LogP contribution in [0.4, 0.5) is 0 Å². The van der Waals surface area contributed by atoms with Crippen molar-refractivity contribution in [2.24, 2.45) is 5.73 Å². The van der Waals surface area contributed by atoms with Crippen LogP contribution in [0.25, 0.3) is 10.9 Å². The Bertz CT molecular complexity index is 809. The Morgan fingerprint density at radius 1 is 1.14 bits per heavy atom. The van der Waals surface area contributed by atoms with Gasteiger partial charge in [-0.15, -0.1) is 0 Å². The largest absolute Gasteiger partial charge is 0.326 e. The van der Waals surface area contributed by atoms with Crippen LogP contribution in [0, 0.1) is 0 Å². The third kappa shape index (κ3) is 2.71. The lowest BCUT2D eigenvalue weighted by atomic mass is 10.1. The number of pyridine rings is 2. The minimum atomic E-state index is 0.0000836. The number of nitrogens with two attached hydrogens (primary N) is 1. The van der Waals surface area contributed by atoms with E-state index in [1.54, 1.807) is 6.20 Å². The minimum absolute atomic E-state index is 0.0000836. The SMILES string of the molecule is NCc1cc2ccccc2n(CCc2cccnc2)c1=O. The molecule has 3 rings (SSSR count). The van der Waals surface area contributed by atoms with Crippen molar-refractivity contribution in [1.82, 2.24) is 9.55 Å². The quantitative estimate of drug-likeness (QED) is 0.795. The molecular formula is C17H17N3O. The zero-order valence-corrected chi connectivity index (χ0v) is 11.7. The maximum atomic E-state index is 12.5. The van der Waals surface area contributed by atoms with Gasteiger partial charge >= 0.3 is 0 Å². The van der Waals surface area contributed by atoms with Gasteiger partial charge in [0.2, 0.25) is 0 Å². The monoisotopic (exact) mass is 279 g/mol. The summed E-state index contributed by atoms with van der Waals surface area (Å²) < 4.78 is 1.81. The van der Waals surface area contributed by atoms with Crippen molar-refractivity contribution >= 4 is 10.9 Å². The molecule has 2 N–H and O–H groups in total. The highest BCUT2D eigenvalue weighted by Crippen LogP contribution is 2.14. The first-order valence-corrected chi connectivity index (χ1v) is 7.00. The molecule has 0 aliphatic carbocycles. The second-order valence-corrected chi connectivity index (χ2v) is 5.00. The molecule has 21 heavy (non-hydrogen) atoms. The molecule has 0 saturated carbocycles. The second kappa shape index (κ2) is 5.89. The third-order valence-corrected chi connectivity index (χ3v) is 3.64. The van der Waals surface area contributed by atoms with E-state index >= 15 is 0 Å². The van der Waals surface area contributed by atoms with Gasteiger partial charge in [0.05, 0.1) is 5.52 Å². The van der Waals surface area contributed by atoms with Gasteiger partial charge in [-0.25, -0.2) is 0 Å². The minimum Gasteiger partial charge on any atom is -0.326 e. The number of fused-ring (bicyclic) bond motifs is 1. The smallest absolute Gasteiger partial charge is 0.255 e. The molecule has 0 saturated heterocycles. The van der Waals surface area contributed by atoms with Crippen LogP contribution in [0.5, 0.6) is 0 Å². The number of aryl methyl sites for hydroxylation is 2. The fourth-order valence-electron chi connectivity index (χ4n) is 2.54. The molecule has 0 radical (unpaired) electrons. The maximum absolute atomic E-state index is 12.5. The average Bonchev–Trinajstić information content (AvgIpc) is 2.54. The molecule has 4 heteroatoms. The van der Waals surface area contributed by atoms with E-state index in [2.05, 4.69) is 4.98 Å². The average molecular weight is 279 g/mol. The van der Waals surface area contributed by atoms with E-state index in [1.165, 1.54) is 0 Å². The van der Waals surface area contributed by atoms with Gasteiger partial charge in [-0.2, -0.15) is 0 Å². The van der Waals surface area contributed by atoms with Crippen molar-refractivity contribution in [2.45, 2.75) is 19.5 Å². The number of aromatic nitrogens is 2. The highest BCUT2D eigenvalue weighted by Gasteiger charge is 2.08. The van der Waals surface area contributed by atoms with E-state index in [0.717, 1.165) is 22.9 Å².